The first-order valence-corrected chi connectivity index (χ1v) is 9.73. The molecule has 7 nitrogen and oxygen atoms in total. The highest BCUT2D eigenvalue weighted by Crippen LogP contribution is 2.27. The third-order valence-electron chi connectivity index (χ3n) is 4.04. The van der Waals surface area contributed by atoms with Gasteiger partial charge < -0.3 is 24.3 Å². The van der Waals surface area contributed by atoms with Crippen LogP contribution in [-0.4, -0.2) is 42.5 Å². The SMILES string of the molecule is C[C@@H](COc1cccc(-c2cccc(C3OCCO3)c2)n1)NC(=O)OC(C)(C)C. The zero-order chi connectivity index (χ0) is 20.9. The van der Waals surface area contributed by atoms with Crippen molar-refractivity contribution in [3.8, 4) is 17.1 Å². The molecule has 1 aliphatic rings. The lowest BCUT2D eigenvalue weighted by Gasteiger charge is -2.22. The number of ether oxygens (including phenoxy) is 4. The standard InChI is InChI=1S/C22H28N2O5/c1-15(23-21(25)29-22(2,3)4)14-28-19-10-6-9-18(24-19)16-7-5-8-17(13-16)20-26-11-12-27-20/h5-10,13,15,20H,11-12,14H2,1-4H3,(H,23,25)/t15-/m0/s1. The van der Waals surface area contributed by atoms with Gasteiger partial charge in [0.1, 0.15) is 12.2 Å². The minimum atomic E-state index is -0.538. The number of benzene rings is 1. The molecule has 0 spiro atoms. The van der Waals surface area contributed by atoms with E-state index < -0.39 is 11.7 Å². The van der Waals surface area contributed by atoms with Gasteiger partial charge in [0.2, 0.25) is 5.88 Å². The molecule has 7 heteroatoms. The second-order valence-corrected chi connectivity index (χ2v) is 7.92. The van der Waals surface area contributed by atoms with Crippen molar-refractivity contribution in [1.82, 2.24) is 10.3 Å². The van der Waals surface area contributed by atoms with Crippen LogP contribution in [0.15, 0.2) is 42.5 Å². The van der Waals surface area contributed by atoms with Gasteiger partial charge in [-0.2, -0.15) is 0 Å². The lowest BCUT2D eigenvalue weighted by molar-refractivity contribution is -0.0440. The third kappa shape index (κ3) is 6.44. The van der Waals surface area contributed by atoms with Gasteiger partial charge in [0, 0.05) is 17.2 Å². The summed E-state index contributed by atoms with van der Waals surface area (Å²) in [6.45, 7) is 8.80. The Morgan fingerprint density at radius 2 is 1.93 bits per heavy atom. The van der Waals surface area contributed by atoms with Crippen molar-refractivity contribution in [2.75, 3.05) is 19.8 Å². The smallest absolute Gasteiger partial charge is 0.407 e. The fourth-order valence-corrected chi connectivity index (χ4v) is 2.81. The number of rotatable bonds is 6. The normalized spacial score (nSPS) is 15.7. The molecule has 0 unspecified atom stereocenters. The molecular weight excluding hydrogens is 372 g/mol. The molecular formula is C22H28N2O5. The maximum atomic E-state index is 11.8. The molecule has 1 amide bonds. The second-order valence-electron chi connectivity index (χ2n) is 7.92. The Morgan fingerprint density at radius 3 is 2.66 bits per heavy atom. The summed E-state index contributed by atoms with van der Waals surface area (Å²) in [5, 5.41) is 2.75. The molecule has 1 fully saturated rings. The van der Waals surface area contributed by atoms with Gasteiger partial charge in [-0.05, 0) is 39.8 Å². The largest absolute Gasteiger partial charge is 0.475 e. The van der Waals surface area contributed by atoms with E-state index in [0.29, 0.717) is 19.1 Å². The summed E-state index contributed by atoms with van der Waals surface area (Å²) in [7, 11) is 0. The number of amides is 1. The van der Waals surface area contributed by atoms with Crippen molar-refractivity contribution >= 4 is 6.09 Å². The molecule has 2 heterocycles. The Balaban J connectivity index is 1.60. The number of nitrogens with one attached hydrogen (secondary N) is 1. The van der Waals surface area contributed by atoms with Crippen LogP contribution in [0.25, 0.3) is 11.3 Å². The van der Waals surface area contributed by atoms with E-state index in [1.54, 1.807) is 6.07 Å². The van der Waals surface area contributed by atoms with Gasteiger partial charge in [-0.1, -0.05) is 24.3 Å². The minimum absolute atomic E-state index is 0.227. The Bertz CT molecular complexity index is 828. The molecule has 1 aromatic carbocycles. The molecule has 1 saturated heterocycles. The van der Waals surface area contributed by atoms with Gasteiger partial charge in [-0.15, -0.1) is 0 Å². The van der Waals surface area contributed by atoms with Crippen LogP contribution in [0.4, 0.5) is 4.79 Å². The number of pyridine rings is 1. The van der Waals surface area contributed by atoms with Crippen molar-refractivity contribution in [1.29, 1.82) is 0 Å². The first-order valence-electron chi connectivity index (χ1n) is 9.73. The number of hydrogen-bond donors (Lipinski definition) is 1. The van der Waals surface area contributed by atoms with Gasteiger partial charge in [0.25, 0.3) is 0 Å². The summed E-state index contributed by atoms with van der Waals surface area (Å²) >= 11 is 0. The Labute approximate surface area is 171 Å². The van der Waals surface area contributed by atoms with E-state index in [1.165, 1.54) is 0 Å². The number of alkyl carbamates (subject to hydrolysis) is 1. The number of hydrogen-bond acceptors (Lipinski definition) is 6. The molecule has 1 atom stereocenters. The van der Waals surface area contributed by atoms with Crippen LogP contribution in [0.2, 0.25) is 0 Å². The Morgan fingerprint density at radius 1 is 1.21 bits per heavy atom. The third-order valence-corrected chi connectivity index (χ3v) is 4.04. The Kier molecular flexibility index (Phi) is 6.71. The average molecular weight is 400 g/mol. The van der Waals surface area contributed by atoms with E-state index in [9.17, 15) is 4.79 Å². The lowest BCUT2D eigenvalue weighted by Crippen LogP contribution is -2.40. The fourth-order valence-electron chi connectivity index (χ4n) is 2.81. The van der Waals surface area contributed by atoms with Gasteiger partial charge in [0.15, 0.2) is 6.29 Å². The average Bonchev–Trinajstić information content (AvgIpc) is 3.20. The first kappa shape index (κ1) is 21.1. The summed E-state index contributed by atoms with van der Waals surface area (Å²) in [4.78, 5) is 16.4. The van der Waals surface area contributed by atoms with Crippen LogP contribution in [0.5, 0.6) is 5.88 Å². The maximum absolute atomic E-state index is 11.8. The molecule has 156 valence electrons. The van der Waals surface area contributed by atoms with E-state index in [1.807, 2.05) is 64.1 Å². The van der Waals surface area contributed by atoms with Crippen LogP contribution < -0.4 is 10.1 Å². The van der Waals surface area contributed by atoms with E-state index in [4.69, 9.17) is 18.9 Å². The molecule has 2 aromatic rings. The molecule has 0 radical (unpaired) electrons. The van der Waals surface area contributed by atoms with Gasteiger partial charge in [0.05, 0.1) is 24.9 Å². The molecule has 1 N–H and O–H groups in total. The predicted molar refractivity (Wildman–Crippen MR) is 109 cm³/mol. The van der Waals surface area contributed by atoms with Gasteiger partial charge in [-0.3, -0.25) is 0 Å². The van der Waals surface area contributed by atoms with E-state index in [-0.39, 0.29) is 18.9 Å². The van der Waals surface area contributed by atoms with E-state index in [2.05, 4.69) is 10.3 Å². The van der Waals surface area contributed by atoms with Crippen LogP contribution in [0, 0.1) is 0 Å². The quantitative estimate of drug-likeness (QED) is 0.787. The number of nitrogens with zero attached hydrogens (tertiary/aromatic N) is 1. The number of aromatic nitrogens is 1. The minimum Gasteiger partial charge on any atom is -0.475 e. The highest BCUT2D eigenvalue weighted by molar-refractivity contribution is 5.68. The monoisotopic (exact) mass is 400 g/mol. The highest BCUT2D eigenvalue weighted by atomic mass is 16.7. The van der Waals surface area contributed by atoms with Crippen molar-refractivity contribution < 1.29 is 23.7 Å². The maximum Gasteiger partial charge on any atom is 0.407 e. The molecule has 1 aromatic heterocycles. The van der Waals surface area contributed by atoms with Gasteiger partial charge in [-0.25, -0.2) is 9.78 Å². The van der Waals surface area contributed by atoms with Gasteiger partial charge >= 0.3 is 6.09 Å². The molecule has 0 saturated carbocycles. The zero-order valence-electron chi connectivity index (χ0n) is 17.3. The first-order chi connectivity index (χ1) is 13.8. The van der Waals surface area contributed by atoms with Crippen molar-refractivity contribution in [3.05, 3.63) is 48.0 Å². The second kappa shape index (κ2) is 9.24. The molecule has 0 aliphatic carbocycles. The van der Waals surface area contributed by atoms with Crippen LogP contribution in [-0.2, 0) is 14.2 Å². The van der Waals surface area contributed by atoms with Crippen molar-refractivity contribution in [2.45, 2.75) is 45.6 Å². The molecule has 0 bridgehead atoms. The van der Waals surface area contributed by atoms with Crippen LogP contribution >= 0.6 is 0 Å². The molecule has 29 heavy (non-hydrogen) atoms. The van der Waals surface area contributed by atoms with Crippen LogP contribution in [0.3, 0.4) is 0 Å². The van der Waals surface area contributed by atoms with E-state index >= 15 is 0 Å². The summed E-state index contributed by atoms with van der Waals surface area (Å²) < 4.78 is 22.1. The summed E-state index contributed by atoms with van der Waals surface area (Å²) in [5.41, 5.74) is 2.16. The highest BCUT2D eigenvalue weighted by Gasteiger charge is 2.19. The lowest BCUT2D eigenvalue weighted by atomic mass is 10.1. The summed E-state index contributed by atoms with van der Waals surface area (Å²) in [6, 6.07) is 13.3. The van der Waals surface area contributed by atoms with Crippen LogP contribution in [0.1, 0.15) is 39.5 Å². The zero-order valence-corrected chi connectivity index (χ0v) is 17.3. The predicted octanol–water partition coefficient (Wildman–Crippen LogP) is 4.09. The number of carbonyl (C=O) groups is 1. The Hall–Kier alpha value is -2.64. The molecule has 3 rings (SSSR count). The van der Waals surface area contributed by atoms with Crippen molar-refractivity contribution in [3.63, 3.8) is 0 Å². The molecule has 1 aliphatic heterocycles. The summed E-state index contributed by atoms with van der Waals surface area (Å²) in [6.07, 6.45) is -0.794. The van der Waals surface area contributed by atoms with E-state index in [0.717, 1.165) is 16.8 Å². The van der Waals surface area contributed by atoms with Crippen molar-refractivity contribution in [2.24, 2.45) is 0 Å². The summed E-state index contributed by atoms with van der Waals surface area (Å²) in [5.74, 6) is 0.485. The number of carbonyl (C=O) groups excluding carboxylic acids is 1. The fraction of sp³-hybridized carbons (Fsp3) is 0.455. The topological polar surface area (TPSA) is 78.9 Å².